The molecular weight excluding hydrogens is 385 g/mol. The Balaban J connectivity index is 1.94. The fourth-order valence-electron chi connectivity index (χ4n) is 4.23. The number of allylic oxidation sites excluding steroid dienone is 2. The van der Waals surface area contributed by atoms with Crippen LogP contribution in [0.1, 0.15) is 50.7 Å². The lowest BCUT2D eigenvalue weighted by molar-refractivity contribution is -0.139. The van der Waals surface area contributed by atoms with Crippen molar-refractivity contribution in [2.24, 2.45) is 11.7 Å². The number of nitriles is 1. The molecule has 0 aromatic heterocycles. The second-order valence-corrected chi connectivity index (χ2v) is 7.95. The van der Waals surface area contributed by atoms with Crippen molar-refractivity contribution in [1.29, 1.82) is 5.26 Å². The maximum Gasteiger partial charge on any atom is 0.338 e. The minimum Gasteiger partial charge on any atom is -0.463 e. The van der Waals surface area contributed by atoms with Gasteiger partial charge in [-0.3, -0.25) is 4.90 Å². The molecule has 0 bridgehead atoms. The molecule has 1 saturated heterocycles. The minimum absolute atomic E-state index is 0.0701. The lowest BCUT2D eigenvalue weighted by Crippen LogP contribution is -2.34. The Labute approximate surface area is 176 Å². The van der Waals surface area contributed by atoms with Crippen LogP contribution in [0, 0.1) is 23.1 Å². The Bertz CT molecular complexity index is 932. The zero-order chi connectivity index (χ0) is 21.8. The first-order valence-corrected chi connectivity index (χ1v) is 10.3. The van der Waals surface area contributed by atoms with Gasteiger partial charge < -0.3 is 15.2 Å². The van der Waals surface area contributed by atoms with Crippen LogP contribution in [-0.4, -0.2) is 30.6 Å². The van der Waals surface area contributed by atoms with Crippen LogP contribution in [0.2, 0.25) is 0 Å². The molecule has 0 aliphatic carbocycles. The molecule has 1 aromatic carbocycles. The van der Waals surface area contributed by atoms with E-state index in [0.29, 0.717) is 23.6 Å². The van der Waals surface area contributed by atoms with Crippen molar-refractivity contribution in [2.75, 3.05) is 19.7 Å². The summed E-state index contributed by atoms with van der Waals surface area (Å²) in [7, 11) is 0. The standard InChI is InChI=1S/C23H28FN3O3/c1-4-29-23(28)20-15(3)30-22(26)18(11-25)21(20)16-7-8-17(19(24)10-16)13-27-9-5-6-14(2)12-27/h7-8,10,14,21H,4-6,9,12-13,26H2,1-3H3. The maximum atomic E-state index is 15.0. The molecule has 1 fully saturated rings. The quantitative estimate of drug-likeness (QED) is 0.741. The number of piperidine rings is 1. The molecule has 1 aromatic rings. The van der Waals surface area contributed by atoms with Crippen LogP contribution >= 0.6 is 0 Å². The zero-order valence-electron chi connectivity index (χ0n) is 17.7. The number of nitrogens with zero attached hydrogens (tertiary/aromatic N) is 2. The zero-order valence-corrected chi connectivity index (χ0v) is 17.7. The number of ether oxygens (including phenoxy) is 2. The average Bonchev–Trinajstić information content (AvgIpc) is 2.69. The third kappa shape index (κ3) is 4.49. The molecule has 2 aliphatic heterocycles. The van der Waals surface area contributed by atoms with E-state index in [1.807, 2.05) is 6.07 Å². The van der Waals surface area contributed by atoms with Crippen LogP contribution in [0.3, 0.4) is 0 Å². The van der Waals surface area contributed by atoms with Crippen molar-refractivity contribution in [3.8, 4) is 6.07 Å². The Hall–Kier alpha value is -2.85. The Morgan fingerprint density at radius 2 is 2.23 bits per heavy atom. The minimum atomic E-state index is -0.832. The summed E-state index contributed by atoms with van der Waals surface area (Å²) in [6, 6.07) is 6.87. The van der Waals surface area contributed by atoms with Crippen LogP contribution in [0.15, 0.2) is 41.0 Å². The Kier molecular flexibility index (Phi) is 6.78. The van der Waals surface area contributed by atoms with Gasteiger partial charge in [0.15, 0.2) is 0 Å². The number of nitrogens with two attached hydrogens (primary N) is 1. The van der Waals surface area contributed by atoms with Crippen LogP contribution in [-0.2, 0) is 20.8 Å². The molecule has 0 radical (unpaired) electrons. The summed E-state index contributed by atoms with van der Waals surface area (Å²) < 4.78 is 25.6. The van der Waals surface area contributed by atoms with E-state index in [1.54, 1.807) is 26.0 Å². The molecule has 160 valence electrons. The second-order valence-electron chi connectivity index (χ2n) is 7.95. The van der Waals surface area contributed by atoms with Crippen LogP contribution in [0.5, 0.6) is 0 Å². The van der Waals surface area contributed by atoms with E-state index in [1.165, 1.54) is 12.5 Å². The van der Waals surface area contributed by atoms with E-state index in [9.17, 15) is 10.1 Å². The van der Waals surface area contributed by atoms with Gasteiger partial charge in [0.05, 0.1) is 18.1 Å². The highest BCUT2D eigenvalue weighted by Crippen LogP contribution is 2.40. The predicted octanol–water partition coefficient (Wildman–Crippen LogP) is 3.70. The van der Waals surface area contributed by atoms with Gasteiger partial charge in [0, 0.05) is 18.7 Å². The van der Waals surface area contributed by atoms with Crippen molar-refractivity contribution in [3.63, 3.8) is 0 Å². The molecule has 3 rings (SSSR count). The van der Waals surface area contributed by atoms with Gasteiger partial charge in [-0.2, -0.15) is 5.26 Å². The molecule has 0 spiro atoms. The molecular formula is C23H28FN3O3. The summed E-state index contributed by atoms with van der Waals surface area (Å²) in [5, 5.41) is 9.63. The molecule has 6 nitrogen and oxygen atoms in total. The summed E-state index contributed by atoms with van der Waals surface area (Å²) in [5.74, 6) is -1.03. The number of hydrogen-bond acceptors (Lipinski definition) is 6. The summed E-state index contributed by atoms with van der Waals surface area (Å²) >= 11 is 0. The second kappa shape index (κ2) is 9.31. The maximum absolute atomic E-state index is 15.0. The number of benzene rings is 1. The molecule has 0 saturated carbocycles. The number of likely N-dealkylation sites (tertiary alicyclic amines) is 1. The summed E-state index contributed by atoms with van der Waals surface area (Å²) in [6.45, 7) is 8.10. The van der Waals surface area contributed by atoms with Crippen molar-refractivity contribution < 1.29 is 18.7 Å². The summed E-state index contributed by atoms with van der Waals surface area (Å²) in [5.41, 5.74) is 7.19. The van der Waals surface area contributed by atoms with Gasteiger partial charge in [-0.1, -0.05) is 19.1 Å². The lowest BCUT2D eigenvalue weighted by atomic mass is 9.82. The monoisotopic (exact) mass is 413 g/mol. The first-order chi connectivity index (χ1) is 14.3. The van der Waals surface area contributed by atoms with Gasteiger partial charge in [-0.25, -0.2) is 9.18 Å². The van der Waals surface area contributed by atoms with Gasteiger partial charge in [0.25, 0.3) is 0 Å². The molecule has 2 atom stereocenters. The van der Waals surface area contributed by atoms with Gasteiger partial charge in [0.1, 0.15) is 23.2 Å². The van der Waals surface area contributed by atoms with Gasteiger partial charge >= 0.3 is 5.97 Å². The fourth-order valence-corrected chi connectivity index (χ4v) is 4.23. The SMILES string of the molecule is CCOC(=O)C1=C(C)OC(N)=C(C#N)C1c1ccc(CN2CCCC(C)C2)c(F)c1. The Morgan fingerprint density at radius 1 is 1.47 bits per heavy atom. The van der Waals surface area contributed by atoms with E-state index < -0.39 is 11.9 Å². The Morgan fingerprint density at radius 3 is 2.87 bits per heavy atom. The highest BCUT2D eigenvalue weighted by Gasteiger charge is 2.36. The van der Waals surface area contributed by atoms with Crippen molar-refractivity contribution in [3.05, 3.63) is 57.9 Å². The van der Waals surface area contributed by atoms with Crippen molar-refractivity contribution >= 4 is 5.97 Å². The molecule has 30 heavy (non-hydrogen) atoms. The van der Waals surface area contributed by atoms with Crippen molar-refractivity contribution in [1.82, 2.24) is 4.90 Å². The third-order valence-electron chi connectivity index (χ3n) is 5.65. The predicted molar refractivity (Wildman–Crippen MR) is 110 cm³/mol. The smallest absolute Gasteiger partial charge is 0.338 e. The first-order valence-electron chi connectivity index (χ1n) is 10.3. The molecule has 7 heteroatoms. The van der Waals surface area contributed by atoms with Crippen LogP contribution < -0.4 is 5.73 Å². The molecule has 2 N–H and O–H groups in total. The summed E-state index contributed by atoms with van der Waals surface area (Å²) in [6.07, 6.45) is 2.32. The van der Waals surface area contributed by atoms with E-state index in [2.05, 4.69) is 11.8 Å². The number of carbonyl (C=O) groups is 1. The van der Waals surface area contributed by atoms with E-state index in [4.69, 9.17) is 15.2 Å². The highest BCUT2D eigenvalue weighted by molar-refractivity contribution is 5.92. The van der Waals surface area contributed by atoms with Crippen LogP contribution in [0.4, 0.5) is 4.39 Å². The number of hydrogen-bond donors (Lipinski definition) is 1. The van der Waals surface area contributed by atoms with Crippen LogP contribution in [0.25, 0.3) is 0 Å². The topological polar surface area (TPSA) is 88.6 Å². The molecule has 2 heterocycles. The third-order valence-corrected chi connectivity index (χ3v) is 5.65. The van der Waals surface area contributed by atoms with Gasteiger partial charge in [0.2, 0.25) is 5.88 Å². The number of carbonyl (C=O) groups excluding carboxylic acids is 1. The number of esters is 1. The van der Waals surface area contributed by atoms with E-state index in [0.717, 1.165) is 19.5 Å². The van der Waals surface area contributed by atoms with Crippen molar-refractivity contribution in [2.45, 2.75) is 46.1 Å². The van der Waals surface area contributed by atoms with Gasteiger partial charge in [-0.15, -0.1) is 0 Å². The average molecular weight is 413 g/mol. The van der Waals surface area contributed by atoms with Gasteiger partial charge in [-0.05, 0) is 50.8 Å². The normalized spacial score (nSPS) is 22.5. The fraction of sp³-hybridized carbons (Fsp3) is 0.478. The highest BCUT2D eigenvalue weighted by atomic mass is 19.1. The number of rotatable bonds is 5. The largest absolute Gasteiger partial charge is 0.463 e. The summed E-state index contributed by atoms with van der Waals surface area (Å²) in [4.78, 5) is 14.8. The number of halogens is 1. The molecule has 2 unspecified atom stereocenters. The first kappa shape index (κ1) is 21.8. The molecule has 0 amide bonds. The lowest BCUT2D eigenvalue weighted by Gasteiger charge is -2.31. The van der Waals surface area contributed by atoms with E-state index >= 15 is 4.39 Å². The van der Waals surface area contributed by atoms with E-state index in [-0.39, 0.29) is 35.2 Å². The molecule has 2 aliphatic rings.